The number of hydrogen-bond donors (Lipinski definition) is 1. The summed E-state index contributed by atoms with van der Waals surface area (Å²) in [5, 5.41) is 6.92. The normalized spacial score (nSPS) is 19.8. The minimum absolute atomic E-state index is 0.124. The number of benzene rings is 2. The van der Waals surface area contributed by atoms with E-state index < -0.39 is 0 Å². The number of nitrogens with one attached hydrogen (secondary N) is 1. The lowest BCUT2D eigenvalue weighted by Crippen LogP contribution is -2.46. The van der Waals surface area contributed by atoms with Crippen LogP contribution in [0, 0.1) is 0 Å². The topological polar surface area (TPSA) is 66.4 Å². The van der Waals surface area contributed by atoms with Crippen molar-refractivity contribution < 1.29 is 9.53 Å². The zero-order chi connectivity index (χ0) is 24.5. The van der Waals surface area contributed by atoms with Gasteiger partial charge < -0.3 is 19.5 Å². The van der Waals surface area contributed by atoms with Gasteiger partial charge >= 0.3 is 0 Å². The third kappa shape index (κ3) is 4.48. The summed E-state index contributed by atoms with van der Waals surface area (Å²) in [4.78, 5) is 21.5. The average molecular weight is 486 g/mol. The van der Waals surface area contributed by atoms with E-state index in [-0.39, 0.29) is 5.91 Å². The molecule has 2 aliphatic rings. The minimum atomic E-state index is 0.124. The number of ether oxygens (including phenoxy) is 1. The van der Waals surface area contributed by atoms with Crippen molar-refractivity contribution in [3.8, 4) is 5.75 Å². The maximum Gasteiger partial charge on any atom is 0.270 e. The van der Waals surface area contributed by atoms with Gasteiger partial charge in [0.25, 0.3) is 5.91 Å². The quantitative estimate of drug-likeness (QED) is 0.405. The highest BCUT2D eigenvalue weighted by molar-refractivity contribution is 5.98. The third-order valence-electron chi connectivity index (χ3n) is 8.13. The Balaban J connectivity index is 1.07. The van der Waals surface area contributed by atoms with Gasteiger partial charge in [0.1, 0.15) is 11.4 Å². The van der Waals surface area contributed by atoms with E-state index in [1.807, 2.05) is 30.5 Å². The molecule has 188 valence electrons. The van der Waals surface area contributed by atoms with E-state index in [0.717, 1.165) is 74.9 Å². The van der Waals surface area contributed by atoms with Crippen molar-refractivity contribution in [3.05, 3.63) is 60.4 Å². The molecule has 1 N–H and O–H groups in total. The smallest absolute Gasteiger partial charge is 0.270 e. The summed E-state index contributed by atoms with van der Waals surface area (Å²) in [5.74, 6) is 0.931. The van der Waals surface area contributed by atoms with Gasteiger partial charge in [0.15, 0.2) is 0 Å². The molecule has 0 aliphatic carbocycles. The lowest BCUT2D eigenvalue weighted by Gasteiger charge is -2.38. The van der Waals surface area contributed by atoms with Crippen molar-refractivity contribution in [1.29, 1.82) is 0 Å². The molecule has 2 aromatic heterocycles. The van der Waals surface area contributed by atoms with Crippen molar-refractivity contribution >= 4 is 27.7 Å². The van der Waals surface area contributed by atoms with Crippen LogP contribution in [0.5, 0.6) is 5.75 Å². The monoisotopic (exact) mass is 485 g/mol. The molecule has 0 radical (unpaired) electrons. The summed E-state index contributed by atoms with van der Waals surface area (Å²) in [5.41, 5.74) is 2.89. The predicted octanol–water partition coefficient (Wildman–Crippen LogP) is 5.25. The van der Waals surface area contributed by atoms with Crippen LogP contribution >= 0.6 is 0 Å². The molecule has 2 saturated heterocycles. The van der Waals surface area contributed by atoms with Crippen LogP contribution in [0.15, 0.2) is 54.7 Å². The van der Waals surface area contributed by atoms with Crippen molar-refractivity contribution in [3.63, 3.8) is 0 Å². The minimum Gasteiger partial charge on any atom is -0.497 e. The maximum absolute atomic E-state index is 13.5. The van der Waals surface area contributed by atoms with Gasteiger partial charge in [0, 0.05) is 48.5 Å². The number of methoxy groups -OCH3 is 1. The van der Waals surface area contributed by atoms with Gasteiger partial charge in [0.05, 0.1) is 24.9 Å². The number of hydrogen-bond acceptors (Lipinski definition) is 4. The Hall–Kier alpha value is -3.32. The largest absolute Gasteiger partial charge is 0.497 e. The molecular formula is C29H35N5O2. The number of amides is 1. The molecule has 6 rings (SSSR count). The second-order valence-electron chi connectivity index (χ2n) is 10.3. The van der Waals surface area contributed by atoms with Crippen molar-refractivity contribution in [1.82, 2.24) is 24.6 Å². The van der Waals surface area contributed by atoms with Crippen LogP contribution < -0.4 is 4.74 Å². The molecule has 0 bridgehead atoms. The van der Waals surface area contributed by atoms with Crippen molar-refractivity contribution in [2.24, 2.45) is 0 Å². The number of para-hydroxylation sites is 1. The van der Waals surface area contributed by atoms with Crippen molar-refractivity contribution in [2.75, 3.05) is 33.3 Å². The Kier molecular flexibility index (Phi) is 6.40. The van der Waals surface area contributed by atoms with Crippen LogP contribution in [0.1, 0.15) is 55.1 Å². The number of aromatic amines is 1. The molecule has 1 amide bonds. The summed E-state index contributed by atoms with van der Waals surface area (Å²) >= 11 is 0. The highest BCUT2D eigenvalue weighted by atomic mass is 16.5. The Morgan fingerprint density at radius 2 is 1.89 bits per heavy atom. The Labute approximate surface area is 212 Å². The van der Waals surface area contributed by atoms with E-state index in [2.05, 4.69) is 43.7 Å². The Morgan fingerprint density at radius 1 is 1.03 bits per heavy atom. The van der Waals surface area contributed by atoms with Crippen LogP contribution in [-0.4, -0.2) is 69.8 Å². The molecule has 36 heavy (non-hydrogen) atoms. The number of carbonyl (C=O) groups excluding carboxylic acids is 1. The zero-order valence-corrected chi connectivity index (χ0v) is 21.0. The number of carbonyl (C=O) groups is 1. The van der Waals surface area contributed by atoms with Gasteiger partial charge in [-0.2, -0.15) is 5.10 Å². The second-order valence-corrected chi connectivity index (χ2v) is 10.3. The molecule has 1 atom stereocenters. The lowest BCUT2D eigenvalue weighted by atomic mass is 9.97. The van der Waals surface area contributed by atoms with Gasteiger partial charge in [0.2, 0.25) is 0 Å². The van der Waals surface area contributed by atoms with Crippen LogP contribution in [0.2, 0.25) is 0 Å². The van der Waals surface area contributed by atoms with Gasteiger partial charge in [-0.1, -0.05) is 18.2 Å². The summed E-state index contributed by atoms with van der Waals surface area (Å²) < 4.78 is 7.57. The number of likely N-dealkylation sites (tertiary alicyclic amines) is 2. The number of fused-ring (bicyclic) bond motifs is 2. The number of rotatable bonds is 6. The van der Waals surface area contributed by atoms with E-state index in [0.29, 0.717) is 17.8 Å². The number of nitrogens with zero attached hydrogens (tertiary/aromatic N) is 4. The van der Waals surface area contributed by atoms with Crippen LogP contribution in [0.4, 0.5) is 0 Å². The van der Waals surface area contributed by atoms with E-state index in [1.165, 1.54) is 17.3 Å². The average Bonchev–Trinajstić information content (AvgIpc) is 3.56. The summed E-state index contributed by atoms with van der Waals surface area (Å²) in [6.45, 7) is 4.06. The molecule has 0 spiro atoms. The number of piperidine rings is 2. The van der Waals surface area contributed by atoms with E-state index in [9.17, 15) is 4.79 Å². The fourth-order valence-electron chi connectivity index (χ4n) is 6.08. The highest BCUT2D eigenvalue weighted by Crippen LogP contribution is 2.28. The molecule has 2 fully saturated rings. The van der Waals surface area contributed by atoms with Crippen molar-refractivity contribution in [2.45, 2.75) is 50.6 Å². The van der Waals surface area contributed by atoms with Crippen LogP contribution in [0.3, 0.4) is 0 Å². The Bertz CT molecular complexity index is 1350. The third-order valence-corrected chi connectivity index (χ3v) is 8.13. The molecule has 0 unspecified atom stereocenters. The molecule has 4 heterocycles. The van der Waals surface area contributed by atoms with Gasteiger partial charge in [-0.05, 0) is 68.9 Å². The predicted molar refractivity (Wildman–Crippen MR) is 143 cm³/mol. The zero-order valence-electron chi connectivity index (χ0n) is 21.0. The molecule has 2 aromatic carbocycles. The van der Waals surface area contributed by atoms with Gasteiger partial charge in [-0.25, -0.2) is 0 Å². The highest BCUT2D eigenvalue weighted by Gasteiger charge is 2.29. The fraction of sp³-hybridized carbons (Fsp3) is 0.448. The number of H-pyrrole nitrogens is 1. The first-order chi connectivity index (χ1) is 17.7. The van der Waals surface area contributed by atoms with E-state index in [4.69, 9.17) is 9.84 Å². The summed E-state index contributed by atoms with van der Waals surface area (Å²) in [6, 6.07) is 17.1. The molecule has 0 saturated carbocycles. The van der Waals surface area contributed by atoms with Gasteiger partial charge in [-0.15, -0.1) is 0 Å². The van der Waals surface area contributed by atoms with E-state index >= 15 is 0 Å². The molecule has 4 aromatic rings. The SMILES string of the molecule is COc1ccc2[nH]c(C(=O)N3CCCC[C@H]3CCN3CCC(n4ncc5ccccc54)CC3)cc2c1. The Morgan fingerprint density at radius 3 is 2.75 bits per heavy atom. The lowest BCUT2D eigenvalue weighted by molar-refractivity contribution is 0.0569. The van der Waals surface area contributed by atoms with Crippen LogP contribution in [0.25, 0.3) is 21.8 Å². The summed E-state index contributed by atoms with van der Waals surface area (Å²) in [7, 11) is 1.67. The molecule has 2 aliphatic heterocycles. The molecule has 7 nitrogen and oxygen atoms in total. The first-order valence-corrected chi connectivity index (χ1v) is 13.3. The standard InChI is InChI=1S/C29H35N5O2/c1-36-25-9-10-26-22(18-25)19-27(31-26)29(35)33-14-5-4-7-23(33)11-15-32-16-12-24(13-17-32)34-28-8-3-2-6-21(28)20-30-34/h2-3,6,8-10,18-20,23-24,31H,4-5,7,11-17H2,1H3/t23-/m0/s1. The summed E-state index contributed by atoms with van der Waals surface area (Å²) in [6.07, 6.45) is 8.64. The fourth-order valence-corrected chi connectivity index (χ4v) is 6.08. The van der Waals surface area contributed by atoms with Gasteiger partial charge in [-0.3, -0.25) is 9.48 Å². The maximum atomic E-state index is 13.5. The number of aromatic nitrogens is 3. The molecule has 7 heteroatoms. The first kappa shape index (κ1) is 23.1. The van der Waals surface area contributed by atoms with Crippen LogP contribution in [-0.2, 0) is 0 Å². The second kappa shape index (κ2) is 9.97. The molecular weight excluding hydrogens is 450 g/mol. The van der Waals surface area contributed by atoms with E-state index in [1.54, 1.807) is 7.11 Å². The first-order valence-electron chi connectivity index (χ1n) is 13.3.